The first-order valence-corrected chi connectivity index (χ1v) is 45.2. The minimum absolute atomic E-state index is 0.0811. The van der Waals surface area contributed by atoms with Crippen molar-refractivity contribution in [1.29, 1.82) is 0 Å². The highest BCUT2D eigenvalue weighted by Gasteiger charge is 2.64. The van der Waals surface area contributed by atoms with E-state index in [9.17, 15) is 19.2 Å². The number of carbonyl (C=O) groups is 4. The molecule has 0 bridgehead atoms. The fourth-order valence-corrected chi connectivity index (χ4v) is 29.8. The molecule has 8 aliphatic carbocycles. The lowest BCUT2D eigenvalue weighted by Crippen LogP contribution is -2.53. The highest BCUT2D eigenvalue weighted by Crippen LogP contribution is 2.69. The van der Waals surface area contributed by atoms with Crippen LogP contribution in [-0.2, 0) is 25.6 Å². The SMILES string of the molecule is CCCOc1cncc(C2=CC[C@H]3[C@@H]4CCC(=O)N5CCC[C@]5(C)C4CC[C@]23C)c1.CCc1cncc(C2=CC[C@H]3[C@@H]4CCC(=O)N5CCC[C@]5(C)C4CC[C@]23C)c1.Cc1ccncc1C1=CC[C@H]2[C@@H]3CCC(=O)N4CCC[C@]4(C)C3CC[C@]12C.Cc1cncc(C2=CC[C@H]3[C@@H]4CCC(=O)N5CCC[C@]5(C)C4CC[C@]23C)c1. The molecule has 4 amide bonds. The van der Waals surface area contributed by atoms with Crippen molar-refractivity contribution in [3.05, 3.63) is 137 Å². The second-order valence-electron chi connectivity index (χ2n) is 40.6. The van der Waals surface area contributed by atoms with Gasteiger partial charge in [0.05, 0.1) is 12.8 Å². The maximum Gasteiger partial charge on any atom is 0.223 e. The Kier molecular flexibility index (Phi) is 20.7. The van der Waals surface area contributed by atoms with Crippen LogP contribution in [0.2, 0.25) is 0 Å². The van der Waals surface area contributed by atoms with Crippen LogP contribution in [0.4, 0.5) is 0 Å². The maximum atomic E-state index is 12.9. The van der Waals surface area contributed by atoms with Crippen molar-refractivity contribution in [2.45, 2.75) is 298 Å². The van der Waals surface area contributed by atoms with Gasteiger partial charge in [-0.15, -0.1) is 0 Å². The third kappa shape index (κ3) is 12.6. The number of hydrogen-bond acceptors (Lipinski definition) is 9. The average molecular weight is 1520 g/mol. The molecular weight excluding hydrogens is 1380 g/mol. The number of rotatable bonds is 8. The normalized spacial score (nSPS) is 39.8. The summed E-state index contributed by atoms with van der Waals surface area (Å²) in [4.78, 5) is 78.5. The number of nitrogens with zero attached hydrogens (tertiary/aromatic N) is 8. The summed E-state index contributed by atoms with van der Waals surface area (Å²) in [6.07, 6.45) is 59.4. The number of carbonyl (C=O) groups excluding carboxylic acids is 4. The van der Waals surface area contributed by atoms with Gasteiger partial charge < -0.3 is 24.3 Å². The molecule has 4 aromatic rings. The van der Waals surface area contributed by atoms with Crippen LogP contribution < -0.4 is 4.74 Å². The van der Waals surface area contributed by atoms with Crippen molar-refractivity contribution < 1.29 is 23.9 Å². The average Bonchev–Trinajstić information content (AvgIpc) is 1.57. The molecule has 4 aromatic heterocycles. The van der Waals surface area contributed by atoms with Crippen molar-refractivity contribution in [3.8, 4) is 5.75 Å². The first-order valence-electron chi connectivity index (χ1n) is 45.2. The zero-order valence-corrected chi connectivity index (χ0v) is 70.5. The molecule has 600 valence electrons. The van der Waals surface area contributed by atoms with E-state index in [-0.39, 0.29) is 43.8 Å². The van der Waals surface area contributed by atoms with Crippen LogP contribution in [0, 0.1) is 107 Å². The van der Waals surface area contributed by atoms with Crippen LogP contribution in [0.15, 0.2) is 98.1 Å². The van der Waals surface area contributed by atoms with Gasteiger partial charge in [0.25, 0.3) is 0 Å². The summed E-state index contributed by atoms with van der Waals surface area (Å²) in [5.74, 6) is 10.5. The number of amides is 4. The van der Waals surface area contributed by atoms with Gasteiger partial charge >= 0.3 is 0 Å². The topological polar surface area (TPSA) is 142 Å². The Morgan fingerprint density at radius 1 is 0.393 bits per heavy atom. The molecule has 20 rings (SSSR count). The molecule has 16 aliphatic rings. The molecule has 12 heterocycles. The van der Waals surface area contributed by atoms with E-state index < -0.39 is 0 Å². The van der Waals surface area contributed by atoms with Crippen molar-refractivity contribution in [2.75, 3.05) is 32.8 Å². The highest BCUT2D eigenvalue weighted by atomic mass is 16.5. The first kappa shape index (κ1) is 77.8. The maximum absolute atomic E-state index is 12.9. The lowest BCUT2D eigenvalue weighted by molar-refractivity contribution is -0.136. The number of allylic oxidation sites excluding steroid dienone is 8. The van der Waals surface area contributed by atoms with Gasteiger partial charge in [0, 0.05) is 117 Å². The Bertz CT molecular complexity index is 4420. The van der Waals surface area contributed by atoms with E-state index in [1.165, 1.54) is 183 Å². The van der Waals surface area contributed by atoms with Gasteiger partial charge in [0.15, 0.2) is 0 Å². The molecule has 0 N–H and O–H groups in total. The third-order valence-corrected chi connectivity index (χ3v) is 35.5. The molecule has 4 saturated carbocycles. The zero-order chi connectivity index (χ0) is 78.1. The fourth-order valence-electron chi connectivity index (χ4n) is 29.8. The number of ether oxygens (including phenoxy) is 1. The summed E-state index contributed by atoms with van der Waals surface area (Å²) < 4.78 is 5.87. The summed E-state index contributed by atoms with van der Waals surface area (Å²) >= 11 is 0. The third-order valence-electron chi connectivity index (χ3n) is 35.5. The van der Waals surface area contributed by atoms with E-state index in [1.54, 1.807) is 0 Å². The molecule has 8 saturated heterocycles. The van der Waals surface area contributed by atoms with E-state index in [0.29, 0.717) is 94.6 Å². The van der Waals surface area contributed by atoms with Crippen LogP contribution in [-0.4, -0.2) is 118 Å². The second-order valence-corrected chi connectivity index (χ2v) is 40.6. The standard InChI is InChI=1S/C26H36N2O2.C25H34N2O.2C24H32N2O/c1-4-14-30-19-15-18(16-27-17-19)21-7-8-22-20-6-9-24(29)28-13-5-11-26(28,3)23(20)10-12-25(21,22)2;1-4-17-14-18(16-26-15-17)20-7-8-21-19-6-9-23(28)27-13-5-11-25(27,3)22(19)10-12-24(20,21)2;1-16-10-13-25-15-18(16)20-7-6-19-17-5-8-22(27)26-14-4-11-24(26,3)21(17)9-12-23(19,20)2;1-16-13-17(15-25-14-16)19-6-7-20-18-5-8-22(27)26-12-4-10-24(26,3)21(18)9-11-23(19,20)2/h7,15-17,20,22-23H,4-6,8-14H2,1-3H3;7,14-16,19,21-22H,4-6,8-13H2,1-3H3;7,10,13,15,17,19,21H,4-6,8-9,11-12,14H2,1-3H3;6,13-15,18,20-21H,4-5,7-12H2,1-3H3/t20-,22-,23?,25+,26+;19-,21-,22?,24+,25+;17-,19-,21?,23-,24+;18-,20-,21?,23+,24+/m0000/s1. The van der Waals surface area contributed by atoms with Gasteiger partial charge in [0.2, 0.25) is 23.6 Å². The highest BCUT2D eigenvalue weighted by molar-refractivity contribution is 5.82. The minimum Gasteiger partial charge on any atom is -0.492 e. The molecule has 13 nitrogen and oxygen atoms in total. The Balaban J connectivity index is 0.000000108. The first-order chi connectivity index (χ1) is 53.8. The molecule has 8 aliphatic heterocycles. The predicted octanol–water partition coefficient (Wildman–Crippen LogP) is 20.7. The fraction of sp³-hybridized carbons (Fsp3) is 0.677. The van der Waals surface area contributed by atoms with Crippen LogP contribution in [0.25, 0.3) is 22.3 Å². The van der Waals surface area contributed by atoms with Crippen molar-refractivity contribution in [1.82, 2.24) is 39.5 Å². The monoisotopic (exact) mass is 1520 g/mol. The lowest BCUT2D eigenvalue weighted by atomic mass is 9.53. The summed E-state index contributed by atoms with van der Waals surface area (Å²) in [5, 5.41) is 0. The van der Waals surface area contributed by atoms with Crippen molar-refractivity contribution in [3.63, 3.8) is 0 Å². The van der Waals surface area contributed by atoms with Gasteiger partial charge in [-0.2, -0.15) is 0 Å². The summed E-state index contributed by atoms with van der Waals surface area (Å²) in [6, 6.07) is 8.98. The summed E-state index contributed by atoms with van der Waals surface area (Å²) in [5.41, 5.74) is 16.5. The van der Waals surface area contributed by atoms with E-state index in [4.69, 9.17) is 4.74 Å². The largest absolute Gasteiger partial charge is 0.492 e. The van der Waals surface area contributed by atoms with Gasteiger partial charge in [-0.25, -0.2) is 0 Å². The van der Waals surface area contributed by atoms with Crippen LogP contribution in [0.3, 0.4) is 0 Å². The second kappa shape index (κ2) is 29.8. The van der Waals surface area contributed by atoms with Gasteiger partial charge in [-0.3, -0.25) is 39.1 Å². The number of aryl methyl sites for hydroxylation is 3. The van der Waals surface area contributed by atoms with Crippen LogP contribution >= 0.6 is 0 Å². The molecule has 13 heteroatoms. The summed E-state index contributed by atoms with van der Waals surface area (Å²) in [6.45, 7) is 32.9. The molecular formula is C99H134N8O5. The van der Waals surface area contributed by atoms with Crippen molar-refractivity contribution >= 4 is 45.9 Å². The summed E-state index contributed by atoms with van der Waals surface area (Å²) in [7, 11) is 0. The minimum atomic E-state index is 0.0811. The van der Waals surface area contributed by atoms with E-state index in [2.05, 4.69) is 190 Å². The smallest absolute Gasteiger partial charge is 0.223 e. The predicted molar refractivity (Wildman–Crippen MR) is 448 cm³/mol. The Hall–Kier alpha value is -6.76. The molecule has 12 fully saturated rings. The Morgan fingerprint density at radius 2 is 0.750 bits per heavy atom. The number of fused-ring (bicyclic) bond motifs is 20. The number of aromatic nitrogens is 4. The van der Waals surface area contributed by atoms with Gasteiger partial charge in [0.1, 0.15) is 5.75 Å². The van der Waals surface area contributed by atoms with Gasteiger partial charge in [-0.05, 0) is 387 Å². The Labute approximate surface area is 671 Å². The molecule has 0 aromatic carbocycles. The van der Waals surface area contributed by atoms with Crippen molar-refractivity contribution in [2.24, 2.45) is 92.7 Å². The molecule has 20 atom stereocenters. The van der Waals surface area contributed by atoms with E-state index >= 15 is 0 Å². The molecule has 0 spiro atoms. The zero-order valence-electron chi connectivity index (χ0n) is 70.5. The van der Waals surface area contributed by atoms with E-state index in [0.717, 1.165) is 109 Å². The molecule has 112 heavy (non-hydrogen) atoms. The number of hydrogen-bond donors (Lipinski definition) is 0. The molecule has 4 unspecified atom stereocenters. The van der Waals surface area contributed by atoms with E-state index in [1.807, 2.05) is 31.0 Å². The van der Waals surface area contributed by atoms with Crippen LogP contribution in [0.5, 0.6) is 5.75 Å². The lowest BCUT2D eigenvalue weighted by Gasteiger charge is -2.53. The van der Waals surface area contributed by atoms with Crippen LogP contribution in [0.1, 0.15) is 294 Å². The Morgan fingerprint density at radius 3 is 1.12 bits per heavy atom. The molecule has 0 radical (unpaired) electrons. The number of pyridine rings is 4. The quantitative estimate of drug-likeness (QED) is 0.168. The van der Waals surface area contributed by atoms with Gasteiger partial charge in [-0.1, -0.05) is 65.8 Å².